The number of nitrogens with zero attached hydrogens (tertiary/aromatic N) is 3. The van der Waals surface area contributed by atoms with Crippen LogP contribution >= 0.6 is 11.3 Å². The first-order valence-corrected chi connectivity index (χ1v) is 18.7. The predicted molar refractivity (Wildman–Crippen MR) is 224 cm³/mol. The summed E-state index contributed by atoms with van der Waals surface area (Å²) < 4.78 is 2.43. The Morgan fingerprint density at radius 3 is 1.66 bits per heavy atom. The average Bonchev–Trinajstić information content (AvgIpc) is 3.62. The first kappa shape index (κ1) is 29.9. The van der Waals surface area contributed by atoms with Gasteiger partial charge in [0.05, 0.1) is 0 Å². The number of benzene rings is 9. The van der Waals surface area contributed by atoms with Crippen molar-refractivity contribution < 1.29 is 0 Å². The van der Waals surface area contributed by atoms with Gasteiger partial charge in [-0.1, -0.05) is 158 Å². The van der Waals surface area contributed by atoms with Crippen molar-refractivity contribution in [1.29, 1.82) is 0 Å². The Kier molecular flexibility index (Phi) is 6.73. The molecule has 0 aliphatic rings. The van der Waals surface area contributed by atoms with Crippen molar-refractivity contribution in [3.05, 3.63) is 176 Å². The fourth-order valence-electron chi connectivity index (χ4n) is 7.92. The molecule has 0 fully saturated rings. The van der Waals surface area contributed by atoms with Crippen molar-refractivity contribution in [2.24, 2.45) is 0 Å². The molecule has 0 amide bonds. The molecule has 0 spiro atoms. The Morgan fingerprint density at radius 1 is 0.302 bits per heavy atom. The van der Waals surface area contributed by atoms with Crippen LogP contribution < -0.4 is 0 Å². The van der Waals surface area contributed by atoms with E-state index in [-0.39, 0.29) is 0 Å². The lowest BCUT2D eigenvalue weighted by Crippen LogP contribution is -2.00. The lowest BCUT2D eigenvalue weighted by atomic mass is 9.96. The van der Waals surface area contributed by atoms with Gasteiger partial charge in [-0.05, 0) is 72.4 Å². The van der Waals surface area contributed by atoms with Crippen molar-refractivity contribution in [2.45, 2.75) is 0 Å². The summed E-state index contributed by atoms with van der Waals surface area (Å²) >= 11 is 1.79. The van der Waals surface area contributed by atoms with Crippen LogP contribution in [0.25, 0.3) is 109 Å². The Hall–Kier alpha value is -6.75. The molecule has 3 nitrogen and oxygen atoms in total. The molecule has 0 bridgehead atoms. The van der Waals surface area contributed by atoms with E-state index in [1.807, 2.05) is 0 Å². The summed E-state index contributed by atoms with van der Waals surface area (Å²) in [5.74, 6) is 1.98. The lowest BCUT2D eigenvalue weighted by molar-refractivity contribution is 1.08. The molecule has 0 saturated heterocycles. The minimum atomic E-state index is 0.651. The van der Waals surface area contributed by atoms with Crippen molar-refractivity contribution >= 4 is 74.6 Å². The maximum absolute atomic E-state index is 5.21. The van der Waals surface area contributed by atoms with Crippen LogP contribution in [0.1, 0.15) is 0 Å². The van der Waals surface area contributed by atoms with E-state index in [1.165, 1.54) is 63.4 Å². The molecule has 2 aromatic heterocycles. The Morgan fingerprint density at radius 2 is 0.830 bits per heavy atom. The third kappa shape index (κ3) is 4.91. The van der Waals surface area contributed by atoms with Gasteiger partial charge in [0, 0.05) is 36.9 Å². The van der Waals surface area contributed by atoms with E-state index >= 15 is 0 Å². The van der Waals surface area contributed by atoms with Crippen molar-refractivity contribution in [3.8, 4) is 45.3 Å². The number of rotatable bonds is 4. The van der Waals surface area contributed by atoms with Gasteiger partial charge in [0.15, 0.2) is 17.5 Å². The van der Waals surface area contributed by atoms with Crippen LogP contribution in [0.4, 0.5) is 0 Å². The Balaban J connectivity index is 1.09. The molecule has 53 heavy (non-hydrogen) atoms. The standard InChI is InChI=1S/C49H29N3S/c1-3-12-36-30(9-1)11-7-15-37(36)32-19-21-33(22-20-32)47-50-48(52-49(51-47)44-17-8-16-43-42-14-5-6-18-45(42)53-46(43)44)35-25-26-39-34(29-35)24-28-40-38-13-4-2-10-31(38)23-27-41(39)40/h1-29H. The van der Waals surface area contributed by atoms with Gasteiger partial charge in [0.2, 0.25) is 0 Å². The molecular formula is C49H29N3S. The fourth-order valence-corrected chi connectivity index (χ4v) is 9.13. The number of hydrogen-bond acceptors (Lipinski definition) is 4. The molecule has 11 rings (SSSR count). The van der Waals surface area contributed by atoms with Gasteiger partial charge in [-0.2, -0.15) is 0 Å². The van der Waals surface area contributed by atoms with E-state index in [2.05, 4.69) is 176 Å². The van der Waals surface area contributed by atoms with Crippen LogP contribution in [0.3, 0.4) is 0 Å². The van der Waals surface area contributed by atoms with Gasteiger partial charge >= 0.3 is 0 Å². The molecule has 0 N–H and O–H groups in total. The third-order valence-corrected chi connectivity index (χ3v) is 11.7. The van der Waals surface area contributed by atoms with E-state index in [1.54, 1.807) is 11.3 Å². The molecule has 9 aromatic carbocycles. The molecule has 2 heterocycles. The van der Waals surface area contributed by atoms with E-state index < -0.39 is 0 Å². The highest BCUT2D eigenvalue weighted by molar-refractivity contribution is 7.26. The van der Waals surface area contributed by atoms with Crippen LogP contribution in [-0.4, -0.2) is 15.0 Å². The smallest absolute Gasteiger partial charge is 0.165 e. The third-order valence-electron chi connectivity index (χ3n) is 10.5. The summed E-state index contributed by atoms with van der Waals surface area (Å²) in [5, 5.41) is 12.3. The van der Waals surface area contributed by atoms with Gasteiger partial charge in [-0.3, -0.25) is 0 Å². The summed E-state index contributed by atoms with van der Waals surface area (Å²) in [4.78, 5) is 15.6. The Bertz CT molecular complexity index is 3230. The van der Waals surface area contributed by atoms with E-state index in [9.17, 15) is 0 Å². The van der Waals surface area contributed by atoms with E-state index in [4.69, 9.17) is 15.0 Å². The van der Waals surface area contributed by atoms with Crippen LogP contribution in [0, 0.1) is 0 Å². The second-order valence-electron chi connectivity index (χ2n) is 13.6. The summed E-state index contributed by atoms with van der Waals surface area (Å²) in [6.07, 6.45) is 0. The van der Waals surface area contributed by atoms with Gasteiger partial charge in [-0.15, -0.1) is 11.3 Å². The number of fused-ring (bicyclic) bond motifs is 9. The number of thiophene rings is 1. The van der Waals surface area contributed by atoms with Gasteiger partial charge < -0.3 is 0 Å². The highest BCUT2D eigenvalue weighted by Crippen LogP contribution is 2.40. The molecule has 246 valence electrons. The largest absolute Gasteiger partial charge is 0.208 e. The minimum Gasteiger partial charge on any atom is -0.208 e. The number of aromatic nitrogens is 3. The second-order valence-corrected chi connectivity index (χ2v) is 14.6. The summed E-state index contributed by atoms with van der Waals surface area (Å²) in [5.41, 5.74) is 5.28. The molecule has 4 heteroatoms. The molecule has 0 atom stereocenters. The molecule has 0 unspecified atom stereocenters. The molecule has 0 saturated carbocycles. The zero-order valence-corrected chi connectivity index (χ0v) is 29.3. The highest BCUT2D eigenvalue weighted by Gasteiger charge is 2.17. The zero-order valence-electron chi connectivity index (χ0n) is 28.5. The molecule has 0 aliphatic heterocycles. The maximum Gasteiger partial charge on any atom is 0.165 e. The van der Waals surface area contributed by atoms with E-state index in [0.29, 0.717) is 17.5 Å². The summed E-state index contributed by atoms with van der Waals surface area (Å²) in [6, 6.07) is 62.8. The van der Waals surface area contributed by atoms with Crippen molar-refractivity contribution in [2.75, 3.05) is 0 Å². The fraction of sp³-hybridized carbons (Fsp3) is 0. The summed E-state index contributed by atoms with van der Waals surface area (Å²) in [6.45, 7) is 0. The predicted octanol–water partition coefficient (Wildman–Crippen LogP) is 13.5. The second kappa shape index (κ2) is 11.9. The number of hydrogen-bond donors (Lipinski definition) is 0. The van der Waals surface area contributed by atoms with Crippen molar-refractivity contribution in [1.82, 2.24) is 15.0 Å². The highest BCUT2D eigenvalue weighted by atomic mass is 32.1. The lowest BCUT2D eigenvalue weighted by Gasteiger charge is -2.12. The molecular weight excluding hydrogens is 663 g/mol. The molecule has 11 aromatic rings. The maximum atomic E-state index is 5.21. The van der Waals surface area contributed by atoms with Gasteiger partial charge in [0.25, 0.3) is 0 Å². The zero-order chi connectivity index (χ0) is 34.9. The van der Waals surface area contributed by atoms with Crippen LogP contribution in [0.15, 0.2) is 176 Å². The van der Waals surface area contributed by atoms with Crippen LogP contribution in [0.5, 0.6) is 0 Å². The van der Waals surface area contributed by atoms with Gasteiger partial charge in [-0.25, -0.2) is 15.0 Å². The molecule has 0 aliphatic carbocycles. The van der Waals surface area contributed by atoms with E-state index in [0.717, 1.165) is 27.6 Å². The topological polar surface area (TPSA) is 38.7 Å². The normalized spacial score (nSPS) is 11.8. The first-order chi connectivity index (χ1) is 26.2. The quantitative estimate of drug-likeness (QED) is 0.172. The first-order valence-electron chi connectivity index (χ1n) is 17.9. The van der Waals surface area contributed by atoms with Crippen molar-refractivity contribution in [3.63, 3.8) is 0 Å². The minimum absolute atomic E-state index is 0.651. The SMILES string of the molecule is c1ccc2c(-c3ccc(-c4nc(-c5ccc6c(ccc7c8ccccc8ccc67)c5)nc(-c5cccc6c5sc5ccccc56)n4)cc3)cccc2c1. The average molecular weight is 692 g/mol. The summed E-state index contributed by atoms with van der Waals surface area (Å²) in [7, 11) is 0. The van der Waals surface area contributed by atoms with Crippen LogP contribution in [0.2, 0.25) is 0 Å². The Labute approximate surface area is 309 Å². The molecule has 0 radical (unpaired) electrons. The van der Waals surface area contributed by atoms with Crippen LogP contribution in [-0.2, 0) is 0 Å². The van der Waals surface area contributed by atoms with Gasteiger partial charge in [0.1, 0.15) is 0 Å². The monoisotopic (exact) mass is 691 g/mol.